The molecule has 106 valence electrons. The van der Waals surface area contributed by atoms with Crippen molar-refractivity contribution in [3.8, 4) is 11.4 Å². The number of nitrogens with zero attached hydrogens (tertiary/aromatic N) is 3. The summed E-state index contributed by atoms with van der Waals surface area (Å²) in [6, 6.07) is 7.54. The Morgan fingerprint density at radius 2 is 2.15 bits per heavy atom. The molecule has 2 aromatic rings. The molecule has 1 aromatic heterocycles. The minimum Gasteiger partial charge on any atom is -0.492 e. The van der Waals surface area contributed by atoms with Crippen LogP contribution < -0.4 is 4.74 Å². The molecule has 0 fully saturated rings. The predicted molar refractivity (Wildman–Crippen MR) is 75.6 cm³/mol. The zero-order chi connectivity index (χ0) is 14.5. The number of ether oxygens (including phenoxy) is 1. The third-order valence-corrected chi connectivity index (χ3v) is 3.44. The standard InChI is InChI=1S/C13H15N3O3S/c1-3-19-11-7-5-4-6-10(11)16-9(2)14-15-13(16)20-8-12(17)18/h4-7H,3,8H2,1-2H3,(H,17,18). The second-order valence-electron chi connectivity index (χ2n) is 3.95. The molecule has 6 nitrogen and oxygen atoms in total. The zero-order valence-corrected chi connectivity index (χ0v) is 12.1. The van der Waals surface area contributed by atoms with Crippen LogP contribution in [0.4, 0.5) is 0 Å². The minimum absolute atomic E-state index is 0.0606. The van der Waals surface area contributed by atoms with Crippen LogP contribution in [0.1, 0.15) is 12.7 Å². The van der Waals surface area contributed by atoms with Gasteiger partial charge in [-0.05, 0) is 26.0 Å². The van der Waals surface area contributed by atoms with Gasteiger partial charge in [0.15, 0.2) is 5.16 Å². The summed E-state index contributed by atoms with van der Waals surface area (Å²) in [5, 5.41) is 17.4. The van der Waals surface area contributed by atoms with Crippen molar-refractivity contribution in [1.82, 2.24) is 14.8 Å². The molecule has 0 saturated heterocycles. The molecule has 0 aliphatic carbocycles. The fourth-order valence-corrected chi connectivity index (χ4v) is 2.47. The van der Waals surface area contributed by atoms with E-state index in [0.717, 1.165) is 23.2 Å². The SMILES string of the molecule is CCOc1ccccc1-n1c(C)nnc1SCC(=O)O. The fraction of sp³-hybridized carbons (Fsp3) is 0.308. The van der Waals surface area contributed by atoms with Crippen LogP contribution in [-0.4, -0.2) is 38.2 Å². The fourth-order valence-electron chi connectivity index (χ4n) is 1.76. The highest BCUT2D eigenvalue weighted by Gasteiger charge is 2.15. The number of para-hydroxylation sites is 2. The zero-order valence-electron chi connectivity index (χ0n) is 11.2. The highest BCUT2D eigenvalue weighted by atomic mass is 32.2. The van der Waals surface area contributed by atoms with Gasteiger partial charge in [-0.2, -0.15) is 0 Å². The summed E-state index contributed by atoms with van der Waals surface area (Å²) in [4.78, 5) is 10.7. The van der Waals surface area contributed by atoms with E-state index in [0.29, 0.717) is 17.6 Å². The van der Waals surface area contributed by atoms with Crippen molar-refractivity contribution in [2.24, 2.45) is 0 Å². The number of carboxylic acid groups (broad SMARTS) is 1. The van der Waals surface area contributed by atoms with Crippen LogP contribution in [-0.2, 0) is 4.79 Å². The molecule has 0 atom stereocenters. The highest BCUT2D eigenvalue weighted by Crippen LogP contribution is 2.28. The minimum atomic E-state index is -0.889. The van der Waals surface area contributed by atoms with Crippen LogP contribution >= 0.6 is 11.8 Å². The quantitative estimate of drug-likeness (QED) is 0.822. The summed E-state index contributed by atoms with van der Waals surface area (Å²) in [7, 11) is 0. The lowest BCUT2D eigenvalue weighted by molar-refractivity contribution is -0.133. The first kappa shape index (κ1) is 14.4. The van der Waals surface area contributed by atoms with E-state index < -0.39 is 5.97 Å². The molecule has 0 spiro atoms. The van der Waals surface area contributed by atoms with Gasteiger partial charge in [-0.1, -0.05) is 23.9 Å². The van der Waals surface area contributed by atoms with Gasteiger partial charge in [0.25, 0.3) is 0 Å². The third kappa shape index (κ3) is 3.11. The molecule has 2 rings (SSSR count). The van der Waals surface area contributed by atoms with Gasteiger partial charge in [0.2, 0.25) is 0 Å². The summed E-state index contributed by atoms with van der Waals surface area (Å²) in [6.45, 7) is 4.28. The Morgan fingerprint density at radius 1 is 1.40 bits per heavy atom. The van der Waals surface area contributed by atoms with Gasteiger partial charge in [0.05, 0.1) is 18.0 Å². The lowest BCUT2D eigenvalue weighted by Gasteiger charge is -2.13. The maximum atomic E-state index is 10.7. The molecule has 0 amide bonds. The monoisotopic (exact) mass is 293 g/mol. The molecule has 0 aliphatic rings. The van der Waals surface area contributed by atoms with E-state index in [1.165, 1.54) is 0 Å². The summed E-state index contributed by atoms with van der Waals surface area (Å²) in [5.41, 5.74) is 0.810. The molecule has 20 heavy (non-hydrogen) atoms. The molecule has 0 radical (unpaired) electrons. The Hall–Kier alpha value is -2.02. The van der Waals surface area contributed by atoms with Crippen molar-refractivity contribution in [1.29, 1.82) is 0 Å². The molecular weight excluding hydrogens is 278 g/mol. The lowest BCUT2D eigenvalue weighted by Crippen LogP contribution is -2.05. The van der Waals surface area contributed by atoms with Gasteiger partial charge in [-0.25, -0.2) is 0 Å². The number of hydrogen-bond acceptors (Lipinski definition) is 5. The summed E-state index contributed by atoms with van der Waals surface area (Å²) in [6.07, 6.45) is 0. The second kappa shape index (κ2) is 6.42. The summed E-state index contributed by atoms with van der Waals surface area (Å²) >= 11 is 1.13. The van der Waals surface area contributed by atoms with Crippen molar-refractivity contribution in [2.75, 3.05) is 12.4 Å². The molecule has 7 heteroatoms. The Bertz CT molecular complexity index is 613. The largest absolute Gasteiger partial charge is 0.492 e. The number of carbonyl (C=O) groups is 1. The van der Waals surface area contributed by atoms with Crippen LogP contribution in [0.5, 0.6) is 5.75 Å². The van der Waals surface area contributed by atoms with Crippen molar-refractivity contribution >= 4 is 17.7 Å². The van der Waals surface area contributed by atoms with Crippen LogP contribution in [0.25, 0.3) is 5.69 Å². The summed E-state index contributed by atoms with van der Waals surface area (Å²) < 4.78 is 7.40. The topological polar surface area (TPSA) is 77.2 Å². The first-order valence-electron chi connectivity index (χ1n) is 6.12. The average molecular weight is 293 g/mol. The Balaban J connectivity index is 2.41. The number of thioether (sulfide) groups is 1. The van der Waals surface area contributed by atoms with Crippen LogP contribution in [0.3, 0.4) is 0 Å². The van der Waals surface area contributed by atoms with Gasteiger partial charge in [0.1, 0.15) is 11.6 Å². The Labute approximate surface area is 120 Å². The van der Waals surface area contributed by atoms with Gasteiger partial charge in [0, 0.05) is 0 Å². The highest BCUT2D eigenvalue weighted by molar-refractivity contribution is 7.99. The first-order valence-corrected chi connectivity index (χ1v) is 7.10. The molecule has 1 heterocycles. The van der Waals surface area contributed by atoms with Gasteiger partial charge in [-0.3, -0.25) is 9.36 Å². The van der Waals surface area contributed by atoms with E-state index >= 15 is 0 Å². The van der Waals surface area contributed by atoms with Crippen molar-refractivity contribution in [3.63, 3.8) is 0 Å². The Morgan fingerprint density at radius 3 is 2.85 bits per heavy atom. The van der Waals surface area contributed by atoms with Crippen LogP contribution in [0, 0.1) is 6.92 Å². The average Bonchev–Trinajstić information content (AvgIpc) is 2.79. The number of rotatable bonds is 6. The number of carboxylic acids is 1. The molecule has 1 aromatic carbocycles. The van der Waals surface area contributed by atoms with E-state index in [1.807, 2.05) is 38.1 Å². The molecular formula is C13H15N3O3S. The molecule has 0 saturated carbocycles. The normalized spacial score (nSPS) is 10.5. The maximum Gasteiger partial charge on any atom is 0.313 e. The van der Waals surface area contributed by atoms with E-state index in [4.69, 9.17) is 9.84 Å². The summed E-state index contributed by atoms with van der Waals surface area (Å²) in [5.74, 6) is 0.454. The smallest absolute Gasteiger partial charge is 0.313 e. The molecule has 0 bridgehead atoms. The number of aryl methyl sites for hydroxylation is 1. The Kier molecular flexibility index (Phi) is 4.62. The van der Waals surface area contributed by atoms with Gasteiger partial charge < -0.3 is 9.84 Å². The number of aromatic nitrogens is 3. The van der Waals surface area contributed by atoms with Crippen molar-refractivity contribution < 1.29 is 14.6 Å². The van der Waals surface area contributed by atoms with Crippen molar-refractivity contribution in [2.45, 2.75) is 19.0 Å². The van der Waals surface area contributed by atoms with Gasteiger partial charge in [-0.15, -0.1) is 10.2 Å². The van der Waals surface area contributed by atoms with Crippen molar-refractivity contribution in [3.05, 3.63) is 30.1 Å². The predicted octanol–water partition coefficient (Wildman–Crippen LogP) is 2.15. The molecule has 1 N–H and O–H groups in total. The number of benzene rings is 1. The first-order chi connectivity index (χ1) is 9.63. The second-order valence-corrected chi connectivity index (χ2v) is 4.89. The molecule has 0 aliphatic heterocycles. The third-order valence-electron chi connectivity index (χ3n) is 2.53. The maximum absolute atomic E-state index is 10.7. The van der Waals surface area contributed by atoms with E-state index in [2.05, 4.69) is 10.2 Å². The van der Waals surface area contributed by atoms with E-state index in [-0.39, 0.29) is 5.75 Å². The van der Waals surface area contributed by atoms with E-state index in [1.54, 1.807) is 4.57 Å². The lowest BCUT2D eigenvalue weighted by atomic mass is 10.3. The van der Waals surface area contributed by atoms with Gasteiger partial charge >= 0.3 is 5.97 Å². The van der Waals surface area contributed by atoms with Crippen LogP contribution in [0.2, 0.25) is 0 Å². The number of hydrogen-bond donors (Lipinski definition) is 1. The van der Waals surface area contributed by atoms with E-state index in [9.17, 15) is 4.79 Å². The number of aliphatic carboxylic acids is 1. The molecule has 0 unspecified atom stereocenters. The van der Waals surface area contributed by atoms with Crippen LogP contribution in [0.15, 0.2) is 29.4 Å².